The number of fused-ring (bicyclic) bond motifs is 1. The Labute approximate surface area is 167 Å². The third kappa shape index (κ3) is 3.30. The van der Waals surface area contributed by atoms with E-state index in [1.807, 2.05) is 29.1 Å². The molecule has 0 saturated carbocycles. The van der Waals surface area contributed by atoms with Gasteiger partial charge in [0.15, 0.2) is 0 Å². The zero-order valence-corrected chi connectivity index (χ0v) is 16.1. The molecule has 0 radical (unpaired) electrons. The molecule has 0 fully saturated rings. The highest BCUT2D eigenvalue weighted by Crippen LogP contribution is 2.29. The fourth-order valence-corrected chi connectivity index (χ4v) is 4.37. The lowest BCUT2D eigenvalue weighted by molar-refractivity contribution is 0.243. The van der Waals surface area contributed by atoms with Crippen LogP contribution in [0.25, 0.3) is 16.3 Å². The lowest BCUT2D eigenvalue weighted by Crippen LogP contribution is -2.31. The Balaban J connectivity index is 1.46. The standard InChI is InChI=1S/C21H20N6S/c22-21-23-11-15-12-26(9-8-18(15)24-21)13-16-14-27(17-5-2-1-3-6-17)25-20(16)19-7-4-10-28-19/h1-7,10-11,14H,8-9,12-13H2,(H2,22,23,24). The molecule has 1 aliphatic heterocycles. The second kappa shape index (κ2) is 7.18. The number of anilines is 1. The van der Waals surface area contributed by atoms with Crippen molar-refractivity contribution in [2.24, 2.45) is 0 Å². The first-order valence-electron chi connectivity index (χ1n) is 9.27. The van der Waals surface area contributed by atoms with Crippen LogP contribution < -0.4 is 5.73 Å². The first kappa shape index (κ1) is 17.1. The van der Waals surface area contributed by atoms with Gasteiger partial charge in [0.2, 0.25) is 5.95 Å². The number of aromatic nitrogens is 4. The summed E-state index contributed by atoms with van der Waals surface area (Å²) in [5.74, 6) is 0.358. The fraction of sp³-hybridized carbons (Fsp3) is 0.190. The van der Waals surface area contributed by atoms with Crippen molar-refractivity contribution in [3.8, 4) is 16.3 Å². The monoisotopic (exact) mass is 388 g/mol. The van der Waals surface area contributed by atoms with Crippen molar-refractivity contribution in [3.05, 3.63) is 77.1 Å². The van der Waals surface area contributed by atoms with E-state index in [0.717, 1.165) is 48.7 Å². The number of nitrogens with two attached hydrogens (primary N) is 1. The predicted octanol–water partition coefficient (Wildman–Crippen LogP) is 3.53. The van der Waals surface area contributed by atoms with Crippen LogP contribution in [0, 0.1) is 0 Å². The van der Waals surface area contributed by atoms with Gasteiger partial charge in [-0.1, -0.05) is 24.3 Å². The van der Waals surface area contributed by atoms with Crippen molar-refractivity contribution in [1.29, 1.82) is 0 Å². The van der Waals surface area contributed by atoms with Crippen molar-refractivity contribution >= 4 is 17.3 Å². The van der Waals surface area contributed by atoms with Crippen LogP contribution in [0.15, 0.2) is 60.2 Å². The Morgan fingerprint density at radius 2 is 2.00 bits per heavy atom. The molecule has 1 aromatic carbocycles. The summed E-state index contributed by atoms with van der Waals surface area (Å²) in [6.07, 6.45) is 4.90. The molecule has 140 valence electrons. The van der Waals surface area contributed by atoms with E-state index in [9.17, 15) is 0 Å². The number of para-hydroxylation sites is 1. The number of rotatable bonds is 4. The summed E-state index contributed by atoms with van der Waals surface area (Å²) in [5, 5.41) is 7.00. The molecule has 4 aromatic rings. The van der Waals surface area contributed by atoms with Crippen molar-refractivity contribution < 1.29 is 0 Å². The van der Waals surface area contributed by atoms with Gasteiger partial charge in [-0.2, -0.15) is 5.10 Å². The molecule has 4 heterocycles. The number of benzene rings is 1. The number of nitrogens with zero attached hydrogens (tertiary/aromatic N) is 5. The van der Waals surface area contributed by atoms with Crippen LogP contribution in [-0.4, -0.2) is 31.2 Å². The minimum absolute atomic E-state index is 0.358. The molecule has 0 amide bonds. The summed E-state index contributed by atoms with van der Waals surface area (Å²) in [6, 6.07) is 14.5. The molecule has 6 nitrogen and oxygen atoms in total. The van der Waals surface area contributed by atoms with E-state index in [-0.39, 0.29) is 0 Å². The van der Waals surface area contributed by atoms with Gasteiger partial charge in [-0.25, -0.2) is 14.6 Å². The van der Waals surface area contributed by atoms with Crippen LogP contribution in [0.4, 0.5) is 5.95 Å². The third-order valence-corrected chi connectivity index (χ3v) is 5.87. The summed E-state index contributed by atoms with van der Waals surface area (Å²) in [4.78, 5) is 12.2. The Bertz CT molecular complexity index is 1090. The number of hydrogen-bond acceptors (Lipinski definition) is 6. The second-order valence-corrected chi connectivity index (χ2v) is 7.87. The van der Waals surface area contributed by atoms with Crippen LogP contribution in [0.2, 0.25) is 0 Å². The highest BCUT2D eigenvalue weighted by Gasteiger charge is 2.21. The van der Waals surface area contributed by atoms with Crippen LogP contribution in [0.3, 0.4) is 0 Å². The summed E-state index contributed by atoms with van der Waals surface area (Å²) in [5.41, 5.74) is 11.3. The molecule has 1 aliphatic rings. The van der Waals surface area contributed by atoms with E-state index in [4.69, 9.17) is 10.8 Å². The summed E-state index contributed by atoms with van der Waals surface area (Å²) in [7, 11) is 0. The predicted molar refractivity (Wildman–Crippen MR) is 111 cm³/mol. The smallest absolute Gasteiger partial charge is 0.220 e. The summed E-state index contributed by atoms with van der Waals surface area (Å²) < 4.78 is 1.98. The first-order valence-corrected chi connectivity index (χ1v) is 10.1. The Morgan fingerprint density at radius 3 is 2.82 bits per heavy atom. The minimum atomic E-state index is 0.358. The van der Waals surface area contributed by atoms with E-state index in [1.54, 1.807) is 11.3 Å². The van der Waals surface area contributed by atoms with E-state index in [0.29, 0.717) is 5.95 Å². The van der Waals surface area contributed by atoms with E-state index in [1.165, 1.54) is 10.4 Å². The maximum absolute atomic E-state index is 5.73. The molecule has 0 aliphatic carbocycles. The molecule has 7 heteroatoms. The molecule has 0 saturated heterocycles. The van der Waals surface area contributed by atoms with E-state index in [2.05, 4.69) is 50.7 Å². The molecule has 3 aromatic heterocycles. The van der Waals surface area contributed by atoms with Gasteiger partial charge in [-0.05, 0) is 23.6 Å². The minimum Gasteiger partial charge on any atom is -0.368 e. The van der Waals surface area contributed by atoms with Gasteiger partial charge in [0.05, 0.1) is 16.3 Å². The lowest BCUT2D eigenvalue weighted by atomic mass is 10.1. The molecule has 0 spiro atoms. The average molecular weight is 389 g/mol. The summed E-state index contributed by atoms with van der Waals surface area (Å²) >= 11 is 1.72. The quantitative estimate of drug-likeness (QED) is 0.579. The van der Waals surface area contributed by atoms with Crippen LogP contribution in [0.5, 0.6) is 0 Å². The lowest BCUT2D eigenvalue weighted by Gasteiger charge is -2.27. The molecule has 5 rings (SSSR count). The Kier molecular flexibility index (Phi) is 4.38. The van der Waals surface area contributed by atoms with Crippen molar-refractivity contribution in [2.75, 3.05) is 12.3 Å². The second-order valence-electron chi connectivity index (χ2n) is 6.92. The van der Waals surface area contributed by atoms with Gasteiger partial charge in [0.1, 0.15) is 5.69 Å². The average Bonchev–Trinajstić information content (AvgIpc) is 3.39. The van der Waals surface area contributed by atoms with Crippen molar-refractivity contribution in [3.63, 3.8) is 0 Å². The Hall–Kier alpha value is -3.03. The van der Waals surface area contributed by atoms with E-state index < -0.39 is 0 Å². The SMILES string of the molecule is Nc1ncc2c(n1)CCN(Cc1cn(-c3ccccc3)nc1-c1cccs1)C2. The van der Waals surface area contributed by atoms with Gasteiger partial charge in [0, 0.05) is 49.6 Å². The van der Waals surface area contributed by atoms with Crippen molar-refractivity contribution in [1.82, 2.24) is 24.6 Å². The molecule has 2 N–H and O–H groups in total. The van der Waals surface area contributed by atoms with Gasteiger partial charge in [0.25, 0.3) is 0 Å². The molecule has 0 atom stereocenters. The topological polar surface area (TPSA) is 72.9 Å². The number of hydrogen-bond donors (Lipinski definition) is 1. The van der Waals surface area contributed by atoms with Gasteiger partial charge in [-0.3, -0.25) is 4.90 Å². The highest BCUT2D eigenvalue weighted by molar-refractivity contribution is 7.13. The van der Waals surface area contributed by atoms with Gasteiger partial charge in [-0.15, -0.1) is 11.3 Å². The normalized spacial score (nSPS) is 14.1. The first-order chi connectivity index (χ1) is 13.8. The molecular weight excluding hydrogens is 368 g/mol. The number of thiophene rings is 1. The molecular formula is C21H20N6S. The highest BCUT2D eigenvalue weighted by atomic mass is 32.1. The van der Waals surface area contributed by atoms with E-state index >= 15 is 0 Å². The zero-order valence-electron chi connectivity index (χ0n) is 15.3. The van der Waals surface area contributed by atoms with Gasteiger partial charge >= 0.3 is 0 Å². The summed E-state index contributed by atoms with van der Waals surface area (Å²) in [6.45, 7) is 2.61. The van der Waals surface area contributed by atoms with Crippen LogP contribution in [-0.2, 0) is 19.5 Å². The largest absolute Gasteiger partial charge is 0.368 e. The number of nitrogen functional groups attached to an aromatic ring is 1. The van der Waals surface area contributed by atoms with Crippen LogP contribution >= 0.6 is 11.3 Å². The van der Waals surface area contributed by atoms with Gasteiger partial charge < -0.3 is 5.73 Å². The molecule has 0 bridgehead atoms. The third-order valence-electron chi connectivity index (χ3n) is 4.99. The molecule has 28 heavy (non-hydrogen) atoms. The van der Waals surface area contributed by atoms with Crippen LogP contribution in [0.1, 0.15) is 16.8 Å². The maximum Gasteiger partial charge on any atom is 0.220 e. The maximum atomic E-state index is 5.73. The zero-order chi connectivity index (χ0) is 18.9. The van der Waals surface area contributed by atoms with Crippen molar-refractivity contribution in [2.45, 2.75) is 19.5 Å². The Morgan fingerprint density at radius 1 is 1.11 bits per heavy atom. The molecule has 0 unspecified atom stereocenters. The fourth-order valence-electron chi connectivity index (χ4n) is 3.62.